The summed E-state index contributed by atoms with van der Waals surface area (Å²) in [5, 5.41) is 0. The van der Waals surface area contributed by atoms with Crippen molar-refractivity contribution in [1.29, 1.82) is 0 Å². The third-order valence-electron chi connectivity index (χ3n) is 0.997. The predicted molar refractivity (Wildman–Crippen MR) is 41.5 cm³/mol. The second-order valence-electron chi connectivity index (χ2n) is 2.02. The maximum Gasteiger partial charge on any atom is 0.205 e. The minimum absolute atomic E-state index is 0.457. The Morgan fingerprint density at radius 2 is 2.20 bits per heavy atom. The molecule has 1 aromatic heterocycles. The summed E-state index contributed by atoms with van der Waals surface area (Å²) >= 11 is 4.79. The Morgan fingerprint density at radius 1 is 1.50 bits per heavy atom. The molecule has 1 N–H and O–H groups in total. The van der Waals surface area contributed by atoms with Crippen LogP contribution in [0.5, 0.6) is 0 Å². The first-order valence-electron chi connectivity index (χ1n) is 2.79. The van der Waals surface area contributed by atoms with Crippen molar-refractivity contribution in [3.05, 3.63) is 11.1 Å². The fourth-order valence-electron chi connectivity index (χ4n) is 0.523. The van der Waals surface area contributed by atoms with E-state index in [4.69, 9.17) is 12.2 Å². The molecule has 1 aromatic rings. The molecule has 0 aliphatic carbocycles. The molecule has 4 nitrogen and oxygen atoms in total. The van der Waals surface area contributed by atoms with Crippen LogP contribution in [0.1, 0.15) is 0 Å². The first-order valence-corrected chi connectivity index (χ1v) is 3.19. The highest BCUT2D eigenvalue weighted by molar-refractivity contribution is 7.71. The molecule has 1 rings (SSSR count). The van der Waals surface area contributed by atoms with Crippen molar-refractivity contribution in [2.45, 2.75) is 0 Å². The number of nitrogens with one attached hydrogen (secondary N) is 1. The van der Waals surface area contributed by atoms with Gasteiger partial charge in [0, 0.05) is 14.1 Å². The molecule has 0 saturated carbocycles. The Hall–Kier alpha value is -0.970. The van der Waals surface area contributed by atoms with Gasteiger partial charge in [0.25, 0.3) is 0 Å². The summed E-state index contributed by atoms with van der Waals surface area (Å²) in [6.07, 6.45) is 1.44. The van der Waals surface area contributed by atoms with Gasteiger partial charge in [0.1, 0.15) is 6.33 Å². The number of H-pyrrole nitrogens is 1. The molecule has 0 aliphatic rings. The molecule has 0 bridgehead atoms. The van der Waals surface area contributed by atoms with Crippen molar-refractivity contribution >= 4 is 18.2 Å². The maximum atomic E-state index is 4.79. The van der Waals surface area contributed by atoms with Gasteiger partial charge in [0.15, 0.2) is 0 Å². The number of aromatic amines is 1. The summed E-state index contributed by atoms with van der Waals surface area (Å²) in [5.74, 6) is 0.722. The lowest BCUT2D eigenvalue weighted by atomic mass is 10.8. The minimum Gasteiger partial charge on any atom is -0.348 e. The van der Waals surface area contributed by atoms with Gasteiger partial charge in [-0.2, -0.15) is 0 Å². The zero-order chi connectivity index (χ0) is 7.56. The molecule has 1 heterocycles. The van der Waals surface area contributed by atoms with Crippen molar-refractivity contribution < 1.29 is 0 Å². The molecule has 0 spiro atoms. The Balaban J connectivity index is 3.07. The summed E-state index contributed by atoms with van der Waals surface area (Å²) in [6.45, 7) is 0. The van der Waals surface area contributed by atoms with Crippen molar-refractivity contribution in [1.82, 2.24) is 15.0 Å². The molecule has 0 atom stereocenters. The van der Waals surface area contributed by atoms with Crippen LogP contribution in [0.4, 0.5) is 5.95 Å². The van der Waals surface area contributed by atoms with E-state index in [1.165, 1.54) is 6.33 Å². The van der Waals surface area contributed by atoms with Crippen molar-refractivity contribution in [3.8, 4) is 0 Å². The Bertz CT molecular complexity index is 266. The second kappa shape index (κ2) is 2.74. The molecule has 54 valence electrons. The molecular formula is C5H8N4S. The average molecular weight is 156 g/mol. The smallest absolute Gasteiger partial charge is 0.205 e. The van der Waals surface area contributed by atoms with Gasteiger partial charge in [0.2, 0.25) is 10.7 Å². The van der Waals surface area contributed by atoms with E-state index in [0.29, 0.717) is 4.77 Å². The average Bonchev–Trinajstić information content (AvgIpc) is 1.88. The van der Waals surface area contributed by atoms with Crippen LogP contribution < -0.4 is 4.90 Å². The zero-order valence-electron chi connectivity index (χ0n) is 5.83. The van der Waals surface area contributed by atoms with E-state index >= 15 is 0 Å². The highest BCUT2D eigenvalue weighted by Gasteiger charge is 1.92. The maximum absolute atomic E-state index is 4.79. The lowest BCUT2D eigenvalue weighted by Gasteiger charge is -2.08. The Morgan fingerprint density at radius 3 is 2.60 bits per heavy atom. The fourth-order valence-corrected chi connectivity index (χ4v) is 0.662. The first kappa shape index (κ1) is 7.14. The van der Waals surface area contributed by atoms with Crippen LogP contribution in [0, 0.1) is 4.77 Å². The van der Waals surface area contributed by atoms with E-state index in [1.807, 2.05) is 19.0 Å². The van der Waals surface area contributed by atoms with E-state index < -0.39 is 0 Å². The molecule has 0 radical (unpaired) electrons. The molecule has 0 saturated heterocycles. The predicted octanol–water partition coefficient (Wildman–Crippen LogP) is 0.600. The molecule has 0 aromatic carbocycles. The van der Waals surface area contributed by atoms with Gasteiger partial charge >= 0.3 is 0 Å². The normalized spacial score (nSPS) is 9.40. The van der Waals surface area contributed by atoms with Crippen LogP contribution in [-0.2, 0) is 0 Å². The van der Waals surface area contributed by atoms with Crippen molar-refractivity contribution in [2.75, 3.05) is 19.0 Å². The highest BCUT2D eigenvalue weighted by Crippen LogP contribution is 1.96. The second-order valence-corrected chi connectivity index (χ2v) is 2.41. The van der Waals surface area contributed by atoms with E-state index in [0.717, 1.165) is 5.95 Å². The van der Waals surface area contributed by atoms with E-state index in [-0.39, 0.29) is 0 Å². The van der Waals surface area contributed by atoms with Gasteiger partial charge in [-0.05, 0) is 12.2 Å². The summed E-state index contributed by atoms with van der Waals surface area (Å²) < 4.78 is 0.457. The summed E-state index contributed by atoms with van der Waals surface area (Å²) in [6, 6.07) is 0. The molecule has 0 aliphatic heterocycles. The van der Waals surface area contributed by atoms with Gasteiger partial charge < -0.3 is 9.88 Å². The van der Waals surface area contributed by atoms with Crippen molar-refractivity contribution in [3.63, 3.8) is 0 Å². The SMILES string of the molecule is CN(C)c1ncnc(=S)[nH]1. The molecular weight excluding hydrogens is 148 g/mol. The standard InChI is InChI=1S/C5H8N4S/c1-9(2)4-6-3-7-5(10)8-4/h3H,1-2H3,(H,6,7,8,10). The van der Waals surface area contributed by atoms with Crippen LogP contribution in [0.15, 0.2) is 6.33 Å². The van der Waals surface area contributed by atoms with Crippen molar-refractivity contribution in [2.24, 2.45) is 0 Å². The number of nitrogens with zero attached hydrogens (tertiary/aromatic N) is 3. The van der Waals surface area contributed by atoms with Crippen LogP contribution in [0.3, 0.4) is 0 Å². The third-order valence-corrected chi connectivity index (χ3v) is 1.20. The van der Waals surface area contributed by atoms with E-state index in [2.05, 4.69) is 15.0 Å². The monoisotopic (exact) mass is 156 g/mol. The van der Waals surface area contributed by atoms with E-state index in [1.54, 1.807) is 0 Å². The summed E-state index contributed by atoms with van der Waals surface area (Å²) in [7, 11) is 3.77. The molecule has 10 heavy (non-hydrogen) atoms. The van der Waals surface area contributed by atoms with Crippen LogP contribution in [0.2, 0.25) is 0 Å². The highest BCUT2D eigenvalue weighted by atomic mass is 32.1. The van der Waals surface area contributed by atoms with Crippen LogP contribution >= 0.6 is 12.2 Å². The number of anilines is 1. The quantitative estimate of drug-likeness (QED) is 0.605. The number of hydrogen-bond donors (Lipinski definition) is 1. The fraction of sp³-hybridized carbons (Fsp3) is 0.400. The first-order chi connectivity index (χ1) is 4.70. The van der Waals surface area contributed by atoms with Crippen LogP contribution in [-0.4, -0.2) is 29.0 Å². The Labute approximate surface area is 63.9 Å². The van der Waals surface area contributed by atoms with Gasteiger partial charge in [-0.1, -0.05) is 0 Å². The number of rotatable bonds is 1. The third kappa shape index (κ3) is 1.51. The topological polar surface area (TPSA) is 44.8 Å². The lowest BCUT2D eigenvalue weighted by Crippen LogP contribution is -2.12. The van der Waals surface area contributed by atoms with Gasteiger partial charge in [-0.15, -0.1) is 0 Å². The Kier molecular flexibility index (Phi) is 1.96. The lowest BCUT2D eigenvalue weighted by molar-refractivity contribution is 0.943. The van der Waals surface area contributed by atoms with E-state index in [9.17, 15) is 0 Å². The molecule has 0 fully saturated rings. The minimum atomic E-state index is 0.457. The number of hydrogen-bond acceptors (Lipinski definition) is 4. The van der Waals surface area contributed by atoms with Gasteiger partial charge in [-0.25, -0.2) is 9.97 Å². The van der Waals surface area contributed by atoms with Gasteiger partial charge in [-0.3, -0.25) is 0 Å². The molecule has 0 unspecified atom stereocenters. The molecule has 0 amide bonds. The largest absolute Gasteiger partial charge is 0.348 e. The molecule has 5 heteroatoms. The zero-order valence-corrected chi connectivity index (χ0v) is 6.64. The summed E-state index contributed by atoms with van der Waals surface area (Å²) in [4.78, 5) is 12.3. The van der Waals surface area contributed by atoms with Gasteiger partial charge in [0.05, 0.1) is 0 Å². The summed E-state index contributed by atoms with van der Waals surface area (Å²) in [5.41, 5.74) is 0. The number of aromatic nitrogens is 3. The van der Waals surface area contributed by atoms with Crippen LogP contribution in [0.25, 0.3) is 0 Å².